The van der Waals surface area contributed by atoms with Crippen molar-refractivity contribution < 1.29 is 9.90 Å². The van der Waals surface area contributed by atoms with Crippen molar-refractivity contribution in [2.45, 2.75) is 39.7 Å². The minimum atomic E-state index is -0.470. The molecule has 1 aliphatic heterocycles. The third-order valence-corrected chi connectivity index (χ3v) is 3.47. The molecular weight excluding hydrogens is 214 g/mol. The van der Waals surface area contributed by atoms with Gasteiger partial charge in [-0.15, -0.1) is 0 Å². The van der Waals surface area contributed by atoms with E-state index in [-0.39, 0.29) is 17.7 Å². The molecule has 0 aromatic heterocycles. The van der Waals surface area contributed by atoms with Crippen molar-refractivity contribution in [1.29, 1.82) is 0 Å². The molecule has 1 heterocycles. The van der Waals surface area contributed by atoms with E-state index in [0.717, 1.165) is 22.4 Å². The molecule has 2 atom stereocenters. The second kappa shape index (κ2) is 4.15. The summed E-state index contributed by atoms with van der Waals surface area (Å²) in [5.41, 5.74) is 3.85. The molecular formula is C14H19NO2. The number of aryl methyl sites for hydroxylation is 1. The van der Waals surface area contributed by atoms with Crippen LogP contribution in [0.1, 0.15) is 49.5 Å². The first-order valence-electron chi connectivity index (χ1n) is 6.05. The van der Waals surface area contributed by atoms with Gasteiger partial charge < -0.3 is 10.4 Å². The van der Waals surface area contributed by atoms with E-state index in [9.17, 15) is 9.90 Å². The van der Waals surface area contributed by atoms with E-state index in [2.05, 4.69) is 5.32 Å². The fraction of sp³-hybridized carbons (Fsp3) is 0.500. The zero-order valence-corrected chi connectivity index (χ0v) is 10.7. The highest BCUT2D eigenvalue weighted by atomic mass is 16.3. The molecule has 17 heavy (non-hydrogen) atoms. The van der Waals surface area contributed by atoms with Crippen LogP contribution in [0.25, 0.3) is 0 Å². The van der Waals surface area contributed by atoms with Gasteiger partial charge in [0.1, 0.15) is 0 Å². The molecule has 3 nitrogen and oxygen atoms in total. The smallest absolute Gasteiger partial charge is 0.231 e. The number of carbonyl (C=O) groups excluding carboxylic acids is 1. The van der Waals surface area contributed by atoms with Gasteiger partial charge >= 0.3 is 0 Å². The molecule has 0 fully saturated rings. The normalized spacial score (nSPS) is 20.4. The van der Waals surface area contributed by atoms with Crippen LogP contribution < -0.4 is 5.32 Å². The van der Waals surface area contributed by atoms with Crippen molar-refractivity contribution in [3.05, 3.63) is 28.8 Å². The number of amides is 1. The molecule has 1 aliphatic rings. The summed E-state index contributed by atoms with van der Waals surface area (Å²) < 4.78 is 0. The van der Waals surface area contributed by atoms with Crippen LogP contribution >= 0.6 is 0 Å². The molecule has 0 radical (unpaired) electrons. The molecule has 0 saturated heterocycles. The first-order chi connectivity index (χ1) is 7.91. The number of hydrogen-bond donors (Lipinski definition) is 2. The van der Waals surface area contributed by atoms with E-state index in [1.54, 1.807) is 0 Å². The quantitative estimate of drug-likeness (QED) is 0.825. The van der Waals surface area contributed by atoms with Crippen LogP contribution in [0.3, 0.4) is 0 Å². The lowest BCUT2D eigenvalue weighted by molar-refractivity contribution is -0.116. The van der Waals surface area contributed by atoms with Crippen molar-refractivity contribution in [1.82, 2.24) is 0 Å². The van der Waals surface area contributed by atoms with Gasteiger partial charge in [-0.05, 0) is 36.5 Å². The van der Waals surface area contributed by atoms with E-state index >= 15 is 0 Å². The molecule has 3 heteroatoms. The molecule has 2 rings (SSSR count). The molecule has 0 bridgehead atoms. The van der Waals surface area contributed by atoms with E-state index in [4.69, 9.17) is 0 Å². The fourth-order valence-corrected chi connectivity index (χ4v) is 2.28. The summed E-state index contributed by atoms with van der Waals surface area (Å²) in [7, 11) is 0. The summed E-state index contributed by atoms with van der Waals surface area (Å²) in [6.07, 6.45) is -0.470. The van der Waals surface area contributed by atoms with E-state index in [1.165, 1.54) is 0 Å². The van der Waals surface area contributed by atoms with Crippen LogP contribution in [0.4, 0.5) is 5.69 Å². The predicted octanol–water partition coefficient (Wildman–Crippen LogP) is 2.74. The van der Waals surface area contributed by atoms with E-state index in [1.807, 2.05) is 39.8 Å². The molecule has 0 saturated carbocycles. The molecule has 1 amide bonds. The van der Waals surface area contributed by atoms with Crippen molar-refractivity contribution in [3.63, 3.8) is 0 Å². The number of fused-ring (bicyclic) bond motifs is 1. The largest absolute Gasteiger partial charge is 0.388 e. The van der Waals surface area contributed by atoms with E-state index < -0.39 is 6.10 Å². The monoisotopic (exact) mass is 233 g/mol. The minimum absolute atomic E-state index is 0.0410. The van der Waals surface area contributed by atoms with Gasteiger partial charge in [0.05, 0.1) is 12.0 Å². The highest BCUT2D eigenvalue weighted by Gasteiger charge is 2.29. The molecule has 2 N–H and O–H groups in total. The Balaban J connectivity index is 2.48. The lowest BCUT2D eigenvalue weighted by atomic mass is 9.92. The van der Waals surface area contributed by atoms with Gasteiger partial charge in [-0.2, -0.15) is 0 Å². The van der Waals surface area contributed by atoms with Gasteiger partial charge in [0.25, 0.3) is 0 Å². The van der Waals surface area contributed by atoms with Crippen LogP contribution in [-0.4, -0.2) is 11.0 Å². The fourth-order valence-electron chi connectivity index (χ4n) is 2.28. The average Bonchev–Trinajstić information content (AvgIpc) is 2.55. The lowest BCUT2D eigenvalue weighted by Crippen LogP contribution is -2.08. The number of aliphatic hydroxyl groups is 1. The van der Waals surface area contributed by atoms with Crippen molar-refractivity contribution in [2.75, 3.05) is 5.32 Å². The Bertz CT molecular complexity index is 466. The number of rotatable bonds is 2. The summed E-state index contributed by atoms with van der Waals surface area (Å²) in [6.45, 7) is 7.83. The van der Waals surface area contributed by atoms with Crippen molar-refractivity contribution in [3.8, 4) is 0 Å². The molecule has 1 aromatic carbocycles. The summed E-state index contributed by atoms with van der Waals surface area (Å²) in [6, 6.07) is 3.91. The third kappa shape index (κ3) is 1.95. The maximum absolute atomic E-state index is 11.6. The lowest BCUT2D eigenvalue weighted by Gasteiger charge is -2.17. The second-order valence-corrected chi connectivity index (χ2v) is 5.20. The summed E-state index contributed by atoms with van der Waals surface area (Å²) in [5, 5.41) is 13.0. The maximum atomic E-state index is 11.6. The van der Waals surface area contributed by atoms with E-state index in [0.29, 0.717) is 0 Å². The summed E-state index contributed by atoms with van der Waals surface area (Å²) in [5.74, 6) is 0.0927. The first-order valence-corrected chi connectivity index (χ1v) is 6.05. The van der Waals surface area contributed by atoms with Crippen LogP contribution in [0.5, 0.6) is 0 Å². The first kappa shape index (κ1) is 12.1. The minimum Gasteiger partial charge on any atom is -0.388 e. The van der Waals surface area contributed by atoms with Crippen molar-refractivity contribution >= 4 is 11.6 Å². The zero-order chi connectivity index (χ0) is 12.7. The number of nitrogens with one attached hydrogen (secondary N) is 1. The number of hydrogen-bond acceptors (Lipinski definition) is 2. The Kier molecular flexibility index (Phi) is 2.96. The average molecular weight is 233 g/mol. The van der Waals surface area contributed by atoms with Gasteiger partial charge in [0.15, 0.2) is 0 Å². The molecule has 2 unspecified atom stereocenters. The molecule has 1 aromatic rings. The Morgan fingerprint density at radius 3 is 2.59 bits per heavy atom. The topological polar surface area (TPSA) is 49.3 Å². The third-order valence-electron chi connectivity index (χ3n) is 3.47. The zero-order valence-electron chi connectivity index (χ0n) is 10.7. The van der Waals surface area contributed by atoms with Gasteiger partial charge in [0, 0.05) is 5.69 Å². The summed E-state index contributed by atoms with van der Waals surface area (Å²) >= 11 is 0. The number of anilines is 1. The Hall–Kier alpha value is -1.35. The molecule has 92 valence electrons. The van der Waals surface area contributed by atoms with Gasteiger partial charge in [-0.3, -0.25) is 4.79 Å². The maximum Gasteiger partial charge on any atom is 0.231 e. The molecule has 0 spiro atoms. The van der Waals surface area contributed by atoms with Gasteiger partial charge in [0.2, 0.25) is 5.91 Å². The van der Waals surface area contributed by atoms with Crippen molar-refractivity contribution in [2.24, 2.45) is 5.92 Å². The number of carbonyl (C=O) groups is 1. The van der Waals surface area contributed by atoms with Crippen LogP contribution in [0.15, 0.2) is 12.1 Å². The van der Waals surface area contributed by atoms with Crippen LogP contribution in [-0.2, 0) is 4.79 Å². The standard InChI is InChI=1S/C14H19NO2/c1-7(2)13(16)10-5-8(3)12-11(6-10)9(4)14(17)15-12/h5-7,9,13,16H,1-4H3,(H,15,17). The van der Waals surface area contributed by atoms with Crippen LogP contribution in [0.2, 0.25) is 0 Å². The van der Waals surface area contributed by atoms with Gasteiger partial charge in [-0.1, -0.05) is 26.0 Å². The van der Waals surface area contributed by atoms with Gasteiger partial charge in [-0.25, -0.2) is 0 Å². The second-order valence-electron chi connectivity index (χ2n) is 5.20. The predicted molar refractivity (Wildman–Crippen MR) is 68.0 cm³/mol. The highest BCUT2D eigenvalue weighted by Crippen LogP contribution is 2.37. The number of aliphatic hydroxyl groups excluding tert-OH is 1. The Labute approximate surface area is 102 Å². The summed E-state index contributed by atoms with van der Waals surface area (Å²) in [4.78, 5) is 11.6. The SMILES string of the molecule is Cc1cc(C(O)C(C)C)cc2c1NC(=O)C2C. The molecule has 0 aliphatic carbocycles. The Morgan fingerprint density at radius 2 is 2.00 bits per heavy atom. The number of benzene rings is 1. The Morgan fingerprint density at radius 1 is 1.35 bits per heavy atom. The van der Waals surface area contributed by atoms with Crippen LogP contribution in [0, 0.1) is 12.8 Å². The highest BCUT2D eigenvalue weighted by molar-refractivity contribution is 6.03.